The molecule has 9 unspecified atom stereocenters. The van der Waals surface area contributed by atoms with Gasteiger partial charge in [-0.2, -0.15) is 0 Å². The molecular formula is C43H78N8O5. The molecule has 0 bridgehead atoms. The summed E-state index contributed by atoms with van der Waals surface area (Å²) in [5.74, 6) is 3.52. The van der Waals surface area contributed by atoms with E-state index in [9.17, 15) is 9.59 Å². The number of nitrogens with one attached hydrogen (secondary N) is 2. The van der Waals surface area contributed by atoms with Gasteiger partial charge in [-0.15, -0.1) is 0 Å². The summed E-state index contributed by atoms with van der Waals surface area (Å²) in [6, 6.07) is -0.717. The summed E-state index contributed by atoms with van der Waals surface area (Å²) in [7, 11) is 0. The van der Waals surface area contributed by atoms with Crippen molar-refractivity contribution in [2.45, 2.75) is 156 Å². The highest BCUT2D eigenvalue weighted by Gasteiger charge is 2.59. The maximum Gasteiger partial charge on any atom is 0.407 e. The summed E-state index contributed by atoms with van der Waals surface area (Å²) in [6.45, 7) is 17.5. The maximum absolute atomic E-state index is 12.9. The third-order valence-electron chi connectivity index (χ3n) is 14.0. The molecule has 0 aromatic heterocycles. The molecule has 4 rings (SSSR count). The molecule has 9 atom stereocenters. The summed E-state index contributed by atoms with van der Waals surface area (Å²) in [6.07, 6.45) is 17.5. The Bertz CT molecular complexity index is 1380. The van der Waals surface area contributed by atoms with Crippen LogP contribution in [-0.4, -0.2) is 74.7 Å². The Labute approximate surface area is 337 Å². The van der Waals surface area contributed by atoms with Crippen molar-refractivity contribution in [3.63, 3.8) is 0 Å². The van der Waals surface area contributed by atoms with Crippen molar-refractivity contribution < 1.29 is 23.8 Å². The fourth-order valence-corrected chi connectivity index (χ4v) is 11.1. The number of fused-ring (bicyclic) bond motifs is 5. The molecule has 56 heavy (non-hydrogen) atoms. The molecule has 13 heteroatoms. The lowest BCUT2D eigenvalue weighted by molar-refractivity contribution is -0.211. The van der Waals surface area contributed by atoms with Gasteiger partial charge in [0.05, 0.1) is 13.2 Å². The predicted octanol–water partition coefficient (Wildman–Crippen LogP) is 6.09. The first-order chi connectivity index (χ1) is 26.4. The Hall–Kier alpha value is -3.06. The molecule has 10 N–H and O–H groups in total. The van der Waals surface area contributed by atoms with Crippen LogP contribution in [0.1, 0.15) is 138 Å². The number of carbonyl (C=O) groups excluding carboxylic acids is 2. The summed E-state index contributed by atoms with van der Waals surface area (Å²) >= 11 is 0. The first-order valence-corrected chi connectivity index (χ1v) is 21.8. The minimum absolute atomic E-state index is 0.0340. The zero-order chi connectivity index (χ0) is 41.1. The van der Waals surface area contributed by atoms with E-state index < -0.39 is 17.9 Å². The summed E-state index contributed by atoms with van der Waals surface area (Å²) in [5, 5.41) is 5.67. The van der Waals surface area contributed by atoms with Crippen molar-refractivity contribution in [1.29, 1.82) is 0 Å². The Kier molecular flexibility index (Phi) is 16.8. The van der Waals surface area contributed by atoms with Crippen LogP contribution >= 0.6 is 0 Å². The van der Waals surface area contributed by atoms with Crippen molar-refractivity contribution in [1.82, 2.24) is 10.6 Å². The molecule has 0 heterocycles. The number of ether oxygens (including phenoxy) is 3. The monoisotopic (exact) mass is 787 g/mol. The van der Waals surface area contributed by atoms with Gasteiger partial charge in [0.2, 0.25) is 5.91 Å². The maximum atomic E-state index is 12.9. The van der Waals surface area contributed by atoms with Gasteiger partial charge in [-0.05, 0) is 124 Å². The second-order valence-electron chi connectivity index (χ2n) is 18.7. The Morgan fingerprint density at radius 1 is 0.875 bits per heavy atom. The number of allylic oxidation sites excluding steroid dienone is 1. The SMILES string of the molecule is CC(C)CCCC(C)C1CCC2C3CC=C4CC(OC(=O)NCCOC(C)(C)OCCNC(=O)C(CCCCN=C(N)N)N=C(N)N)CCC4(C)C3CCC12C. The molecule has 4 aliphatic carbocycles. The van der Waals surface area contributed by atoms with Crippen LogP contribution in [0.25, 0.3) is 0 Å². The lowest BCUT2D eigenvalue weighted by atomic mass is 9.47. The number of hydrogen-bond acceptors (Lipinski definition) is 7. The molecular weight excluding hydrogens is 709 g/mol. The zero-order valence-corrected chi connectivity index (χ0v) is 35.9. The molecule has 0 aromatic rings. The van der Waals surface area contributed by atoms with Gasteiger partial charge in [0.25, 0.3) is 0 Å². The van der Waals surface area contributed by atoms with Gasteiger partial charge in [-0.1, -0.05) is 65.5 Å². The number of alkyl carbamates (subject to hydrolysis) is 1. The van der Waals surface area contributed by atoms with Gasteiger partial charge in [0.1, 0.15) is 12.1 Å². The number of guanidine groups is 2. The largest absolute Gasteiger partial charge is 0.446 e. The quantitative estimate of drug-likeness (QED) is 0.0261. The van der Waals surface area contributed by atoms with Crippen molar-refractivity contribution in [3.05, 3.63) is 11.6 Å². The number of amides is 2. The average Bonchev–Trinajstić information content (AvgIpc) is 3.48. The molecule has 13 nitrogen and oxygen atoms in total. The number of aliphatic imine (C=N–C) groups is 2. The molecule has 2 amide bonds. The van der Waals surface area contributed by atoms with Gasteiger partial charge in [0, 0.05) is 26.1 Å². The number of hydrogen-bond donors (Lipinski definition) is 6. The first kappa shape index (κ1) is 45.6. The number of unbranched alkanes of at least 4 members (excludes halogenated alkanes) is 1. The lowest BCUT2D eigenvalue weighted by Gasteiger charge is -2.58. The molecule has 4 aliphatic rings. The second kappa shape index (κ2) is 20.6. The normalized spacial score (nSPS) is 29.5. The molecule has 0 radical (unpaired) electrons. The van der Waals surface area contributed by atoms with E-state index in [1.54, 1.807) is 13.8 Å². The summed E-state index contributed by atoms with van der Waals surface area (Å²) < 4.78 is 17.7. The number of rotatable bonds is 21. The molecule has 0 saturated heterocycles. The second-order valence-corrected chi connectivity index (χ2v) is 18.7. The Morgan fingerprint density at radius 2 is 1.59 bits per heavy atom. The van der Waals surface area contributed by atoms with Crippen molar-refractivity contribution in [2.75, 3.05) is 32.8 Å². The van der Waals surface area contributed by atoms with Crippen LogP contribution in [0.3, 0.4) is 0 Å². The van der Waals surface area contributed by atoms with Crippen LogP contribution < -0.4 is 33.6 Å². The molecule has 0 spiro atoms. The highest BCUT2D eigenvalue weighted by molar-refractivity contribution is 5.86. The van der Waals surface area contributed by atoms with Crippen LogP contribution in [0, 0.1) is 46.3 Å². The summed E-state index contributed by atoms with van der Waals surface area (Å²) in [5.41, 5.74) is 24.0. The van der Waals surface area contributed by atoms with E-state index in [-0.39, 0.29) is 49.1 Å². The topological polar surface area (TPSA) is 215 Å². The van der Waals surface area contributed by atoms with Crippen molar-refractivity contribution >= 4 is 23.9 Å². The van der Waals surface area contributed by atoms with Gasteiger partial charge in [-0.3, -0.25) is 9.79 Å². The van der Waals surface area contributed by atoms with E-state index in [0.29, 0.717) is 37.8 Å². The number of carbonyl (C=O) groups is 2. The van der Waals surface area contributed by atoms with E-state index >= 15 is 0 Å². The number of nitrogens with zero attached hydrogens (tertiary/aromatic N) is 2. The summed E-state index contributed by atoms with van der Waals surface area (Å²) in [4.78, 5) is 33.6. The minimum Gasteiger partial charge on any atom is -0.446 e. The van der Waals surface area contributed by atoms with Gasteiger partial charge in [-0.25, -0.2) is 9.79 Å². The smallest absolute Gasteiger partial charge is 0.407 e. The van der Waals surface area contributed by atoms with Gasteiger partial charge < -0.3 is 47.8 Å². The van der Waals surface area contributed by atoms with Gasteiger partial charge in [0.15, 0.2) is 17.7 Å². The van der Waals surface area contributed by atoms with Crippen LogP contribution in [0.5, 0.6) is 0 Å². The van der Waals surface area contributed by atoms with Crippen molar-refractivity contribution in [3.8, 4) is 0 Å². The molecule has 0 aliphatic heterocycles. The van der Waals surface area contributed by atoms with E-state index in [0.717, 1.165) is 54.8 Å². The minimum atomic E-state index is -0.929. The molecule has 3 fully saturated rings. The van der Waals surface area contributed by atoms with E-state index in [2.05, 4.69) is 61.3 Å². The standard InChI is InChI=1S/C43H78N8O5/c1-28(2)11-10-12-29(3)33-16-17-34-32-15-14-30-27-31(18-20-42(30,6)35(32)19-21-43(33,34)7)56-40(53)50-24-26-55-41(4,5)54-25-23-48-37(52)36(51-39(46)47)13-8-9-22-49-38(44)45/h14,28-29,31-36H,8-13,15-27H2,1-7H3,(H,48,52)(H,50,53)(H4,44,45,49)(H4,46,47,51). The lowest BCUT2D eigenvalue weighted by Crippen LogP contribution is -2.51. The molecule has 320 valence electrons. The van der Waals surface area contributed by atoms with Gasteiger partial charge >= 0.3 is 6.09 Å². The predicted molar refractivity (Wildman–Crippen MR) is 224 cm³/mol. The highest BCUT2D eigenvalue weighted by Crippen LogP contribution is 2.67. The van der Waals surface area contributed by atoms with Crippen LogP contribution in [0.4, 0.5) is 4.79 Å². The fourth-order valence-electron chi connectivity index (χ4n) is 11.1. The number of nitrogens with two attached hydrogens (primary N) is 4. The zero-order valence-electron chi connectivity index (χ0n) is 35.9. The average molecular weight is 787 g/mol. The Morgan fingerprint density at radius 3 is 2.27 bits per heavy atom. The fraction of sp³-hybridized carbons (Fsp3) is 0.860. The van der Waals surface area contributed by atoms with Crippen LogP contribution in [-0.2, 0) is 19.0 Å². The Balaban J connectivity index is 1.14. The highest BCUT2D eigenvalue weighted by atomic mass is 16.7. The van der Waals surface area contributed by atoms with E-state index in [1.807, 2.05) is 0 Å². The first-order valence-electron chi connectivity index (χ1n) is 21.8. The van der Waals surface area contributed by atoms with E-state index in [4.69, 9.17) is 37.1 Å². The molecule has 3 saturated carbocycles. The molecule has 0 aromatic carbocycles. The third-order valence-corrected chi connectivity index (χ3v) is 14.0. The van der Waals surface area contributed by atoms with E-state index in [1.165, 1.54) is 56.9 Å². The van der Waals surface area contributed by atoms with Crippen LogP contribution in [0.2, 0.25) is 0 Å². The third kappa shape index (κ3) is 12.5. The van der Waals surface area contributed by atoms with Crippen LogP contribution in [0.15, 0.2) is 21.6 Å². The van der Waals surface area contributed by atoms with Crippen molar-refractivity contribution in [2.24, 2.45) is 79.3 Å².